The van der Waals surface area contributed by atoms with Crippen LogP contribution in [-0.2, 0) is 4.79 Å². The molecule has 0 radical (unpaired) electrons. The summed E-state index contributed by atoms with van der Waals surface area (Å²) in [6.45, 7) is 2.91. The van der Waals surface area contributed by atoms with Gasteiger partial charge >= 0.3 is 0 Å². The number of anilines is 1. The van der Waals surface area contributed by atoms with Gasteiger partial charge in [-0.1, -0.05) is 23.5 Å². The molecule has 1 N–H and O–H groups in total. The first-order valence-electron chi connectivity index (χ1n) is 5.54. The second-order valence-corrected chi connectivity index (χ2v) is 4.78. The largest absolute Gasteiger partial charge is 0.355 e. The van der Waals surface area contributed by atoms with Crippen molar-refractivity contribution in [2.45, 2.75) is 6.92 Å². The number of hydrogen-bond acceptors (Lipinski definition) is 4. The number of aromatic nitrogens is 1. The second kappa shape index (κ2) is 5.14. The van der Waals surface area contributed by atoms with Crippen LogP contribution in [0.2, 0.25) is 0 Å². The highest BCUT2D eigenvalue weighted by Crippen LogP contribution is 2.27. The Morgan fingerprint density at radius 3 is 2.94 bits per heavy atom. The summed E-state index contributed by atoms with van der Waals surface area (Å²) in [6.07, 6.45) is 0. The summed E-state index contributed by atoms with van der Waals surface area (Å²) in [7, 11) is 1.88. The number of benzene rings is 1. The zero-order valence-corrected chi connectivity index (χ0v) is 10.8. The molecule has 1 aromatic carbocycles. The lowest BCUT2D eigenvalue weighted by molar-refractivity contribution is -0.119. The van der Waals surface area contributed by atoms with E-state index in [4.69, 9.17) is 0 Å². The number of hydrogen-bond donors (Lipinski definition) is 1. The number of rotatable bonds is 4. The van der Waals surface area contributed by atoms with Crippen molar-refractivity contribution in [1.29, 1.82) is 0 Å². The zero-order chi connectivity index (χ0) is 12.3. The summed E-state index contributed by atoms with van der Waals surface area (Å²) in [5.41, 5.74) is 0.982. The number of amides is 1. The number of nitrogens with zero attached hydrogens (tertiary/aromatic N) is 2. The Morgan fingerprint density at radius 2 is 2.24 bits per heavy atom. The maximum atomic E-state index is 11.5. The van der Waals surface area contributed by atoms with Gasteiger partial charge in [0.2, 0.25) is 5.91 Å². The molecule has 17 heavy (non-hydrogen) atoms. The van der Waals surface area contributed by atoms with E-state index in [1.54, 1.807) is 11.3 Å². The highest BCUT2D eigenvalue weighted by molar-refractivity contribution is 7.22. The summed E-state index contributed by atoms with van der Waals surface area (Å²) in [5, 5.41) is 3.65. The average molecular weight is 249 g/mol. The van der Waals surface area contributed by atoms with E-state index >= 15 is 0 Å². The summed E-state index contributed by atoms with van der Waals surface area (Å²) in [6, 6.07) is 7.98. The number of para-hydroxylation sites is 1. The normalized spacial score (nSPS) is 10.5. The van der Waals surface area contributed by atoms with E-state index in [1.807, 2.05) is 43.1 Å². The summed E-state index contributed by atoms with van der Waals surface area (Å²) < 4.78 is 1.14. The molecule has 4 nitrogen and oxygen atoms in total. The van der Waals surface area contributed by atoms with Crippen LogP contribution in [0.4, 0.5) is 5.13 Å². The van der Waals surface area contributed by atoms with Gasteiger partial charge in [-0.3, -0.25) is 4.79 Å². The molecule has 0 bridgehead atoms. The van der Waals surface area contributed by atoms with Crippen molar-refractivity contribution < 1.29 is 4.79 Å². The summed E-state index contributed by atoms with van der Waals surface area (Å²) in [4.78, 5) is 17.8. The minimum absolute atomic E-state index is 0.0225. The molecule has 1 aromatic heterocycles. The maximum absolute atomic E-state index is 11.5. The van der Waals surface area contributed by atoms with Crippen molar-refractivity contribution in [2.24, 2.45) is 0 Å². The lowest BCUT2D eigenvalue weighted by atomic mass is 10.3. The Labute approximate surface area is 104 Å². The van der Waals surface area contributed by atoms with Gasteiger partial charge in [-0.2, -0.15) is 0 Å². The first kappa shape index (κ1) is 11.9. The van der Waals surface area contributed by atoms with Gasteiger partial charge in [-0.25, -0.2) is 4.98 Å². The minimum Gasteiger partial charge on any atom is -0.355 e. The highest BCUT2D eigenvalue weighted by Gasteiger charge is 2.10. The topological polar surface area (TPSA) is 45.2 Å². The van der Waals surface area contributed by atoms with E-state index < -0.39 is 0 Å². The van der Waals surface area contributed by atoms with Crippen LogP contribution in [-0.4, -0.2) is 31.0 Å². The molecule has 2 rings (SSSR count). The predicted molar refractivity (Wildman–Crippen MR) is 71.6 cm³/mol. The van der Waals surface area contributed by atoms with E-state index in [9.17, 15) is 4.79 Å². The van der Waals surface area contributed by atoms with Crippen LogP contribution >= 0.6 is 11.3 Å². The Bertz CT molecular complexity index is 490. The third-order valence-corrected chi connectivity index (χ3v) is 3.51. The van der Waals surface area contributed by atoms with E-state index in [2.05, 4.69) is 10.3 Å². The molecule has 0 aliphatic heterocycles. The van der Waals surface area contributed by atoms with Crippen molar-refractivity contribution >= 4 is 32.6 Å². The van der Waals surface area contributed by atoms with Crippen LogP contribution < -0.4 is 10.2 Å². The van der Waals surface area contributed by atoms with Gasteiger partial charge in [-0.15, -0.1) is 0 Å². The zero-order valence-electron chi connectivity index (χ0n) is 9.93. The average Bonchev–Trinajstić information content (AvgIpc) is 2.72. The molecule has 0 spiro atoms. The number of fused-ring (bicyclic) bond motifs is 1. The molecule has 1 heterocycles. The van der Waals surface area contributed by atoms with Gasteiger partial charge in [0, 0.05) is 13.6 Å². The number of carbonyl (C=O) groups is 1. The van der Waals surface area contributed by atoms with E-state index in [1.165, 1.54) is 0 Å². The van der Waals surface area contributed by atoms with Crippen LogP contribution in [0.25, 0.3) is 10.2 Å². The van der Waals surface area contributed by atoms with E-state index in [0.717, 1.165) is 15.3 Å². The van der Waals surface area contributed by atoms with Crippen molar-refractivity contribution in [3.05, 3.63) is 24.3 Å². The molecule has 0 unspecified atom stereocenters. The molecule has 0 aliphatic carbocycles. The fraction of sp³-hybridized carbons (Fsp3) is 0.333. The minimum atomic E-state index is 0.0225. The SMILES string of the molecule is CCNC(=O)CN(C)c1nc2ccccc2s1. The number of carbonyl (C=O) groups excluding carboxylic acids is 1. The monoisotopic (exact) mass is 249 g/mol. The molecular weight excluding hydrogens is 234 g/mol. The smallest absolute Gasteiger partial charge is 0.239 e. The Hall–Kier alpha value is -1.62. The molecule has 0 aliphatic rings. The number of nitrogens with one attached hydrogen (secondary N) is 1. The first-order chi connectivity index (χ1) is 8.20. The quantitative estimate of drug-likeness (QED) is 0.899. The maximum Gasteiger partial charge on any atom is 0.239 e. The molecule has 1 amide bonds. The molecule has 0 fully saturated rings. The third kappa shape index (κ3) is 2.74. The number of likely N-dealkylation sites (N-methyl/N-ethyl adjacent to an activating group) is 2. The van der Waals surface area contributed by atoms with E-state index in [0.29, 0.717) is 13.1 Å². The lowest BCUT2D eigenvalue weighted by Crippen LogP contribution is -2.34. The molecule has 0 atom stereocenters. The van der Waals surface area contributed by atoms with Gasteiger partial charge in [-0.05, 0) is 19.1 Å². The van der Waals surface area contributed by atoms with E-state index in [-0.39, 0.29) is 5.91 Å². The van der Waals surface area contributed by atoms with Crippen molar-refractivity contribution in [1.82, 2.24) is 10.3 Å². The Kier molecular flexibility index (Phi) is 3.58. The van der Waals surface area contributed by atoms with Crippen LogP contribution in [0.1, 0.15) is 6.92 Å². The molecule has 2 aromatic rings. The van der Waals surface area contributed by atoms with Crippen LogP contribution in [0.3, 0.4) is 0 Å². The van der Waals surface area contributed by atoms with Crippen LogP contribution in [0, 0.1) is 0 Å². The van der Waals surface area contributed by atoms with Crippen molar-refractivity contribution in [3.63, 3.8) is 0 Å². The van der Waals surface area contributed by atoms with Gasteiger partial charge in [0.1, 0.15) is 0 Å². The van der Waals surface area contributed by atoms with Gasteiger partial charge in [0.05, 0.1) is 16.8 Å². The first-order valence-corrected chi connectivity index (χ1v) is 6.35. The fourth-order valence-electron chi connectivity index (χ4n) is 1.56. The third-order valence-electron chi connectivity index (χ3n) is 2.36. The Balaban J connectivity index is 2.13. The molecule has 0 saturated heterocycles. The molecular formula is C12H15N3OS. The molecule has 0 saturated carbocycles. The summed E-state index contributed by atoms with van der Waals surface area (Å²) >= 11 is 1.60. The van der Waals surface area contributed by atoms with Crippen LogP contribution in [0.5, 0.6) is 0 Å². The van der Waals surface area contributed by atoms with Gasteiger partial charge < -0.3 is 10.2 Å². The summed E-state index contributed by atoms with van der Waals surface area (Å²) in [5.74, 6) is 0.0225. The Morgan fingerprint density at radius 1 is 1.47 bits per heavy atom. The molecule has 5 heteroatoms. The number of thiazole rings is 1. The molecule has 90 valence electrons. The van der Waals surface area contributed by atoms with Crippen LogP contribution in [0.15, 0.2) is 24.3 Å². The lowest BCUT2D eigenvalue weighted by Gasteiger charge is -2.14. The highest BCUT2D eigenvalue weighted by atomic mass is 32.1. The van der Waals surface area contributed by atoms with Gasteiger partial charge in [0.25, 0.3) is 0 Å². The predicted octanol–water partition coefficient (Wildman–Crippen LogP) is 1.87. The fourth-order valence-corrected chi connectivity index (χ4v) is 2.49. The van der Waals surface area contributed by atoms with Crippen molar-refractivity contribution in [2.75, 3.05) is 25.0 Å². The second-order valence-electron chi connectivity index (χ2n) is 3.77. The van der Waals surface area contributed by atoms with Crippen molar-refractivity contribution in [3.8, 4) is 0 Å². The standard InChI is InChI=1S/C12H15N3OS/c1-3-13-11(16)8-15(2)12-14-9-6-4-5-7-10(9)17-12/h4-7H,3,8H2,1-2H3,(H,13,16). The van der Waals surface area contributed by atoms with Gasteiger partial charge in [0.15, 0.2) is 5.13 Å².